The Hall–Kier alpha value is -3.16. The number of carbonyl (C=O) groups is 1. The van der Waals surface area contributed by atoms with Crippen LogP contribution >= 0.6 is 0 Å². The van der Waals surface area contributed by atoms with Gasteiger partial charge < -0.3 is 9.84 Å². The Kier molecular flexibility index (Phi) is 4.98. The third-order valence-corrected chi connectivity index (χ3v) is 3.05. The number of ether oxygens (including phenoxy) is 1. The van der Waals surface area contributed by atoms with Gasteiger partial charge in [0.25, 0.3) is 0 Å². The molecule has 2 aromatic rings. The molecule has 2 rings (SSSR count). The predicted octanol–water partition coefficient (Wildman–Crippen LogP) is 4.71. The fourth-order valence-corrected chi connectivity index (χ4v) is 1.83. The minimum absolute atomic E-state index is 0.299. The van der Waals surface area contributed by atoms with Crippen LogP contribution in [0, 0.1) is 5.53 Å². The average Bonchev–Trinajstić information content (AvgIpc) is 2.55. The van der Waals surface area contributed by atoms with Gasteiger partial charge in [0.2, 0.25) is 5.70 Å². The molecular formula is C16H11F3N2O3. The molecule has 0 saturated heterocycles. The zero-order valence-electron chi connectivity index (χ0n) is 12.0. The molecule has 0 radical (unpaired) electrons. The van der Waals surface area contributed by atoms with Crippen LogP contribution in [0.4, 0.5) is 13.2 Å². The molecule has 0 fully saturated rings. The second-order valence-corrected chi connectivity index (χ2v) is 4.64. The summed E-state index contributed by atoms with van der Waals surface area (Å²) in [5, 5.41) is 11.5. The van der Waals surface area contributed by atoms with E-state index >= 15 is 0 Å². The molecule has 0 bridgehead atoms. The van der Waals surface area contributed by atoms with Crippen molar-refractivity contribution in [3.05, 3.63) is 66.1 Å². The lowest BCUT2D eigenvalue weighted by molar-refractivity contribution is -0.137. The van der Waals surface area contributed by atoms with E-state index in [4.69, 9.17) is 15.4 Å². The monoisotopic (exact) mass is 336 g/mol. The highest BCUT2D eigenvalue weighted by Crippen LogP contribution is 2.31. The largest absolute Gasteiger partial charge is 0.476 e. The molecule has 0 aliphatic carbocycles. The van der Waals surface area contributed by atoms with Gasteiger partial charge in [-0.1, -0.05) is 24.3 Å². The summed E-state index contributed by atoms with van der Waals surface area (Å²) >= 11 is 0. The molecule has 8 heteroatoms. The van der Waals surface area contributed by atoms with Crippen molar-refractivity contribution in [3.63, 3.8) is 0 Å². The van der Waals surface area contributed by atoms with Crippen LogP contribution in [0.1, 0.15) is 5.56 Å². The predicted molar refractivity (Wildman–Crippen MR) is 78.4 cm³/mol. The summed E-state index contributed by atoms with van der Waals surface area (Å²) in [6.45, 7) is 0. The number of nitrogens with one attached hydrogen (secondary N) is 1. The molecule has 124 valence electrons. The summed E-state index contributed by atoms with van der Waals surface area (Å²) in [5.74, 6) is -1.10. The number of benzene rings is 2. The minimum atomic E-state index is -4.38. The molecule has 0 spiro atoms. The first-order chi connectivity index (χ1) is 11.3. The summed E-state index contributed by atoms with van der Waals surface area (Å²) < 4.78 is 42.6. The molecule has 0 saturated carbocycles. The van der Waals surface area contributed by atoms with Gasteiger partial charge in [0.15, 0.2) is 0 Å². The number of hydrogen-bond acceptors (Lipinski definition) is 4. The molecule has 2 N–H and O–H groups in total. The van der Waals surface area contributed by atoms with Gasteiger partial charge in [0, 0.05) is 0 Å². The van der Waals surface area contributed by atoms with Crippen molar-refractivity contribution < 1.29 is 27.8 Å². The van der Waals surface area contributed by atoms with Crippen LogP contribution in [0.25, 0.3) is 11.1 Å². The smallest absolute Gasteiger partial charge is 0.416 e. The first-order valence-corrected chi connectivity index (χ1v) is 6.56. The molecule has 5 nitrogen and oxygen atoms in total. The van der Waals surface area contributed by atoms with E-state index in [9.17, 15) is 18.0 Å². The molecule has 24 heavy (non-hydrogen) atoms. The van der Waals surface area contributed by atoms with Crippen LogP contribution in [0.15, 0.2) is 65.6 Å². The lowest BCUT2D eigenvalue weighted by Crippen LogP contribution is -2.03. The van der Waals surface area contributed by atoms with Crippen LogP contribution in [-0.2, 0) is 11.0 Å². The van der Waals surface area contributed by atoms with Crippen molar-refractivity contribution in [1.29, 1.82) is 5.53 Å². The van der Waals surface area contributed by atoms with Gasteiger partial charge in [-0.25, -0.2) is 10.3 Å². The van der Waals surface area contributed by atoms with Crippen LogP contribution in [0.3, 0.4) is 0 Å². The highest BCUT2D eigenvalue weighted by Gasteiger charge is 2.29. The Labute approximate surface area is 134 Å². The first-order valence-electron chi connectivity index (χ1n) is 6.56. The summed E-state index contributed by atoms with van der Waals surface area (Å²) in [4.78, 5) is 10.6. The highest BCUT2D eigenvalue weighted by atomic mass is 19.4. The zero-order chi connectivity index (χ0) is 17.7. The van der Waals surface area contributed by atoms with Gasteiger partial charge in [-0.2, -0.15) is 13.2 Å². The molecule has 0 aromatic heterocycles. The van der Waals surface area contributed by atoms with E-state index in [1.54, 1.807) is 12.1 Å². The average molecular weight is 336 g/mol. The number of nitrogens with zero attached hydrogens (tertiary/aromatic N) is 1. The van der Waals surface area contributed by atoms with Gasteiger partial charge in [-0.05, 0) is 35.4 Å². The van der Waals surface area contributed by atoms with Crippen LogP contribution < -0.4 is 4.74 Å². The van der Waals surface area contributed by atoms with Gasteiger partial charge in [0.1, 0.15) is 12.0 Å². The second-order valence-electron chi connectivity index (χ2n) is 4.64. The van der Waals surface area contributed by atoms with E-state index in [1.807, 2.05) is 0 Å². The van der Waals surface area contributed by atoms with E-state index < -0.39 is 23.4 Å². The van der Waals surface area contributed by atoms with E-state index in [0.29, 0.717) is 16.9 Å². The summed E-state index contributed by atoms with van der Waals surface area (Å²) in [5.41, 5.74) is 6.65. The number of halogens is 3. The van der Waals surface area contributed by atoms with Crippen molar-refractivity contribution in [1.82, 2.24) is 0 Å². The third-order valence-electron chi connectivity index (χ3n) is 3.05. The highest BCUT2D eigenvalue weighted by molar-refractivity contribution is 5.85. The fraction of sp³-hybridized carbons (Fsp3) is 0.0625. The maximum atomic E-state index is 12.5. The molecule has 0 unspecified atom stereocenters. The van der Waals surface area contributed by atoms with E-state index in [0.717, 1.165) is 18.4 Å². The van der Waals surface area contributed by atoms with Crippen molar-refractivity contribution in [2.45, 2.75) is 6.18 Å². The Morgan fingerprint density at radius 2 is 1.54 bits per heavy atom. The topological polar surface area (TPSA) is 82.7 Å². The van der Waals surface area contributed by atoms with Crippen LogP contribution in [0.2, 0.25) is 0 Å². The molecule has 0 atom stereocenters. The van der Waals surface area contributed by atoms with Crippen molar-refractivity contribution in [2.75, 3.05) is 0 Å². The van der Waals surface area contributed by atoms with Crippen LogP contribution in [0.5, 0.6) is 5.75 Å². The Morgan fingerprint density at radius 1 is 1.04 bits per heavy atom. The van der Waals surface area contributed by atoms with Gasteiger partial charge >= 0.3 is 12.1 Å². The Bertz CT molecular complexity index is 767. The lowest BCUT2D eigenvalue weighted by Gasteiger charge is -2.08. The van der Waals surface area contributed by atoms with E-state index in [-0.39, 0.29) is 0 Å². The lowest BCUT2D eigenvalue weighted by atomic mass is 10.0. The van der Waals surface area contributed by atoms with Gasteiger partial charge in [-0.3, -0.25) is 0 Å². The van der Waals surface area contributed by atoms with E-state index in [2.05, 4.69) is 5.11 Å². The van der Waals surface area contributed by atoms with Gasteiger partial charge in [0.05, 0.1) is 5.56 Å². The Morgan fingerprint density at radius 3 is 1.96 bits per heavy atom. The second kappa shape index (κ2) is 6.95. The maximum Gasteiger partial charge on any atom is 0.416 e. The Balaban J connectivity index is 2.15. The first kappa shape index (κ1) is 17.2. The SMILES string of the molecule is N=NC(=COc1ccc(-c2ccc(C(F)(F)F)cc2)cc1)C(=O)O. The van der Waals surface area contributed by atoms with Crippen LogP contribution in [-0.4, -0.2) is 11.1 Å². The number of hydrogen-bond donors (Lipinski definition) is 2. The standard InChI is InChI=1S/C16H11F3N2O3/c17-16(18,19)12-5-1-10(2-6-12)11-3-7-13(8-4-11)24-9-14(21-20)15(22)23/h1-9,20H,(H,22,23). The summed E-state index contributed by atoms with van der Waals surface area (Å²) in [7, 11) is 0. The molecule has 0 aliphatic heterocycles. The summed E-state index contributed by atoms with van der Waals surface area (Å²) in [6.07, 6.45) is -3.56. The van der Waals surface area contributed by atoms with Crippen molar-refractivity contribution in [2.24, 2.45) is 5.11 Å². The number of carboxylic acids is 1. The number of aliphatic carboxylic acids is 1. The van der Waals surface area contributed by atoms with Gasteiger partial charge in [-0.15, -0.1) is 5.11 Å². The third kappa shape index (κ3) is 4.19. The number of rotatable bonds is 5. The molecule has 0 aliphatic rings. The fourth-order valence-electron chi connectivity index (χ4n) is 1.83. The minimum Gasteiger partial charge on any atom is -0.476 e. The normalized spacial score (nSPS) is 11.9. The number of carboxylic acid groups (broad SMARTS) is 1. The molecule has 0 amide bonds. The zero-order valence-corrected chi connectivity index (χ0v) is 12.0. The van der Waals surface area contributed by atoms with Crippen molar-refractivity contribution in [3.8, 4) is 16.9 Å². The van der Waals surface area contributed by atoms with E-state index in [1.165, 1.54) is 24.3 Å². The maximum absolute atomic E-state index is 12.5. The number of alkyl halides is 3. The molecular weight excluding hydrogens is 325 g/mol. The quantitative estimate of drug-likeness (QED) is 0.471. The van der Waals surface area contributed by atoms with Crippen molar-refractivity contribution >= 4 is 5.97 Å². The molecule has 2 aromatic carbocycles. The molecule has 0 heterocycles. The summed E-state index contributed by atoms with van der Waals surface area (Å²) in [6, 6.07) is 11.0.